The number of benzene rings is 1. The van der Waals surface area contributed by atoms with Crippen molar-refractivity contribution in [1.29, 1.82) is 5.26 Å². The number of rotatable bonds is 3. The van der Waals surface area contributed by atoms with Gasteiger partial charge < -0.3 is 5.32 Å². The zero-order valence-electron chi connectivity index (χ0n) is 12.2. The van der Waals surface area contributed by atoms with E-state index in [9.17, 15) is 9.18 Å². The summed E-state index contributed by atoms with van der Waals surface area (Å²) in [6, 6.07) is 10.5. The fraction of sp³-hybridized carbons (Fsp3) is 0.118. The molecule has 0 aliphatic rings. The SMILES string of the molecule is CC(NC(=O)c1nccc(C#N)c1F)c1csc2ccccc12. The molecule has 0 fully saturated rings. The van der Waals surface area contributed by atoms with E-state index in [-0.39, 0.29) is 17.3 Å². The molecular formula is C17H12FN3OS. The minimum atomic E-state index is -0.894. The van der Waals surface area contributed by atoms with Gasteiger partial charge in [0.15, 0.2) is 11.5 Å². The van der Waals surface area contributed by atoms with Gasteiger partial charge in [-0.2, -0.15) is 5.26 Å². The van der Waals surface area contributed by atoms with Crippen molar-refractivity contribution >= 4 is 27.3 Å². The normalized spacial score (nSPS) is 11.9. The van der Waals surface area contributed by atoms with Crippen LogP contribution < -0.4 is 5.32 Å². The molecule has 0 radical (unpaired) electrons. The maximum absolute atomic E-state index is 14.0. The molecule has 23 heavy (non-hydrogen) atoms. The standard InChI is InChI=1S/C17H12FN3OS/c1-10(13-9-23-14-5-3-2-4-12(13)14)21-17(22)16-15(18)11(8-19)6-7-20-16/h2-7,9-10H,1H3,(H,21,22). The highest BCUT2D eigenvalue weighted by atomic mass is 32.1. The topological polar surface area (TPSA) is 65.8 Å². The Kier molecular flexibility index (Phi) is 4.04. The molecule has 1 unspecified atom stereocenters. The molecule has 1 aromatic carbocycles. The average Bonchev–Trinajstić information content (AvgIpc) is 2.99. The second kappa shape index (κ2) is 6.15. The molecule has 1 atom stereocenters. The predicted molar refractivity (Wildman–Crippen MR) is 86.6 cm³/mol. The molecule has 0 aliphatic carbocycles. The quantitative estimate of drug-likeness (QED) is 0.796. The van der Waals surface area contributed by atoms with Crippen molar-refractivity contribution < 1.29 is 9.18 Å². The minimum Gasteiger partial charge on any atom is -0.344 e. The number of carbonyl (C=O) groups is 1. The molecule has 1 N–H and O–H groups in total. The highest BCUT2D eigenvalue weighted by Crippen LogP contribution is 2.30. The maximum atomic E-state index is 14.0. The van der Waals surface area contributed by atoms with Crippen LogP contribution >= 0.6 is 11.3 Å². The number of hydrogen-bond acceptors (Lipinski definition) is 4. The van der Waals surface area contributed by atoms with Crippen molar-refractivity contribution in [3.63, 3.8) is 0 Å². The van der Waals surface area contributed by atoms with Crippen molar-refractivity contribution in [3.8, 4) is 6.07 Å². The first kappa shape index (κ1) is 15.1. The van der Waals surface area contributed by atoms with Crippen LogP contribution in [0.4, 0.5) is 4.39 Å². The molecule has 0 saturated carbocycles. The van der Waals surface area contributed by atoms with Crippen LogP contribution in [0.2, 0.25) is 0 Å². The van der Waals surface area contributed by atoms with Gasteiger partial charge in [0.2, 0.25) is 0 Å². The summed E-state index contributed by atoms with van der Waals surface area (Å²) in [5, 5.41) is 14.6. The summed E-state index contributed by atoms with van der Waals surface area (Å²) < 4.78 is 15.1. The van der Waals surface area contributed by atoms with Crippen molar-refractivity contribution in [2.75, 3.05) is 0 Å². The van der Waals surface area contributed by atoms with Crippen LogP contribution in [-0.2, 0) is 0 Å². The van der Waals surface area contributed by atoms with Crippen LogP contribution in [-0.4, -0.2) is 10.9 Å². The zero-order chi connectivity index (χ0) is 16.4. The van der Waals surface area contributed by atoms with Crippen LogP contribution in [0.5, 0.6) is 0 Å². The van der Waals surface area contributed by atoms with Crippen LogP contribution in [0.3, 0.4) is 0 Å². The van der Waals surface area contributed by atoms with Crippen molar-refractivity contribution in [2.24, 2.45) is 0 Å². The van der Waals surface area contributed by atoms with Crippen LogP contribution in [0.15, 0.2) is 41.9 Å². The first-order chi connectivity index (χ1) is 11.1. The lowest BCUT2D eigenvalue weighted by Gasteiger charge is -2.13. The number of fused-ring (bicyclic) bond motifs is 1. The number of thiophene rings is 1. The lowest BCUT2D eigenvalue weighted by atomic mass is 10.1. The first-order valence-electron chi connectivity index (χ1n) is 6.93. The Morgan fingerprint density at radius 3 is 2.96 bits per heavy atom. The van der Waals surface area contributed by atoms with Crippen molar-refractivity contribution in [3.05, 3.63) is 64.5 Å². The number of carbonyl (C=O) groups excluding carboxylic acids is 1. The van der Waals surface area contributed by atoms with E-state index in [1.807, 2.05) is 36.6 Å². The fourth-order valence-corrected chi connectivity index (χ4v) is 3.42. The smallest absolute Gasteiger partial charge is 0.273 e. The van der Waals surface area contributed by atoms with E-state index in [4.69, 9.17) is 5.26 Å². The first-order valence-corrected chi connectivity index (χ1v) is 7.81. The number of nitrogens with zero attached hydrogens (tertiary/aromatic N) is 2. The summed E-state index contributed by atoms with van der Waals surface area (Å²) in [6.07, 6.45) is 1.25. The van der Waals surface area contributed by atoms with E-state index in [1.165, 1.54) is 12.3 Å². The molecule has 1 amide bonds. The van der Waals surface area contributed by atoms with Crippen LogP contribution in [0.1, 0.15) is 34.6 Å². The van der Waals surface area contributed by atoms with Gasteiger partial charge in [-0.25, -0.2) is 9.37 Å². The molecular weight excluding hydrogens is 313 g/mol. The molecule has 3 rings (SSSR count). The van der Waals surface area contributed by atoms with Gasteiger partial charge in [0.05, 0.1) is 11.6 Å². The van der Waals surface area contributed by atoms with Gasteiger partial charge in [0.25, 0.3) is 5.91 Å². The average molecular weight is 325 g/mol. The summed E-state index contributed by atoms with van der Waals surface area (Å²) in [5.74, 6) is -1.53. The Balaban J connectivity index is 1.87. The second-order valence-corrected chi connectivity index (χ2v) is 5.93. The van der Waals surface area contributed by atoms with Gasteiger partial charge in [0, 0.05) is 10.9 Å². The van der Waals surface area contributed by atoms with E-state index in [0.29, 0.717) is 0 Å². The second-order valence-electron chi connectivity index (χ2n) is 5.02. The number of nitrogens with one attached hydrogen (secondary N) is 1. The molecule has 0 aliphatic heterocycles. The number of aromatic nitrogens is 1. The van der Waals surface area contributed by atoms with Crippen LogP contribution in [0, 0.1) is 17.1 Å². The van der Waals surface area contributed by atoms with Gasteiger partial charge in [0.1, 0.15) is 6.07 Å². The Morgan fingerprint density at radius 1 is 1.39 bits per heavy atom. The minimum absolute atomic E-state index is 0.196. The Morgan fingerprint density at radius 2 is 2.17 bits per heavy atom. The summed E-state index contributed by atoms with van der Waals surface area (Å²) in [6.45, 7) is 1.83. The lowest BCUT2D eigenvalue weighted by molar-refractivity contribution is 0.0930. The Labute approximate surface area is 136 Å². The third-order valence-electron chi connectivity index (χ3n) is 3.55. The molecule has 0 saturated heterocycles. The number of halogens is 1. The number of pyridine rings is 1. The van der Waals surface area contributed by atoms with E-state index in [2.05, 4.69) is 10.3 Å². The predicted octanol–water partition coefficient (Wildman–Crippen LogP) is 3.80. The Bertz CT molecular complexity index is 929. The van der Waals surface area contributed by atoms with E-state index in [0.717, 1.165) is 15.6 Å². The fourth-order valence-electron chi connectivity index (χ4n) is 2.36. The molecule has 6 heteroatoms. The molecule has 0 bridgehead atoms. The monoisotopic (exact) mass is 325 g/mol. The number of amides is 1. The van der Waals surface area contributed by atoms with E-state index >= 15 is 0 Å². The molecule has 3 aromatic rings. The highest BCUT2D eigenvalue weighted by molar-refractivity contribution is 7.17. The highest BCUT2D eigenvalue weighted by Gasteiger charge is 2.20. The van der Waals surface area contributed by atoms with E-state index < -0.39 is 11.7 Å². The Hall–Kier alpha value is -2.78. The number of hydrogen-bond donors (Lipinski definition) is 1. The summed E-state index contributed by atoms with van der Waals surface area (Å²) in [7, 11) is 0. The number of nitriles is 1. The van der Waals surface area contributed by atoms with Gasteiger partial charge in [-0.1, -0.05) is 18.2 Å². The van der Waals surface area contributed by atoms with E-state index in [1.54, 1.807) is 17.4 Å². The summed E-state index contributed by atoms with van der Waals surface area (Å²) >= 11 is 1.59. The van der Waals surface area contributed by atoms with Crippen molar-refractivity contribution in [2.45, 2.75) is 13.0 Å². The largest absolute Gasteiger partial charge is 0.344 e. The maximum Gasteiger partial charge on any atom is 0.273 e. The third kappa shape index (κ3) is 2.79. The molecule has 2 heterocycles. The molecule has 2 aromatic heterocycles. The van der Waals surface area contributed by atoms with Crippen molar-refractivity contribution in [1.82, 2.24) is 10.3 Å². The molecule has 0 spiro atoms. The summed E-state index contributed by atoms with van der Waals surface area (Å²) in [4.78, 5) is 16.0. The molecule has 4 nitrogen and oxygen atoms in total. The lowest BCUT2D eigenvalue weighted by Crippen LogP contribution is -2.28. The van der Waals surface area contributed by atoms with Gasteiger partial charge in [-0.15, -0.1) is 11.3 Å². The molecule has 114 valence electrons. The van der Waals surface area contributed by atoms with Gasteiger partial charge in [-0.05, 0) is 35.4 Å². The van der Waals surface area contributed by atoms with Gasteiger partial charge >= 0.3 is 0 Å². The van der Waals surface area contributed by atoms with Gasteiger partial charge in [-0.3, -0.25) is 4.79 Å². The zero-order valence-corrected chi connectivity index (χ0v) is 13.0. The van der Waals surface area contributed by atoms with Crippen LogP contribution in [0.25, 0.3) is 10.1 Å². The summed E-state index contributed by atoms with van der Waals surface area (Å²) in [5.41, 5.74) is 0.407. The third-order valence-corrected chi connectivity index (χ3v) is 4.53.